The van der Waals surface area contributed by atoms with E-state index in [1.807, 2.05) is 0 Å². The van der Waals surface area contributed by atoms with Gasteiger partial charge in [-0.3, -0.25) is 10.0 Å². The molecule has 0 unspecified atom stereocenters. The van der Waals surface area contributed by atoms with Crippen molar-refractivity contribution in [3.8, 4) is 0 Å². The van der Waals surface area contributed by atoms with Crippen LogP contribution in [0.2, 0.25) is 0 Å². The number of carbonyl (C=O) groups excluding carboxylic acids is 1. The molecule has 0 radical (unpaired) electrons. The van der Waals surface area contributed by atoms with Crippen molar-refractivity contribution < 1.29 is 27.2 Å². The lowest BCUT2D eigenvalue weighted by Crippen LogP contribution is -2.38. The SMILES string of the molecule is Cc1cc(N[C@H](CCCCNS(=O)(=O)c2ccc(F)cc2)C(=O)NO)cc(C)c1F. The molecule has 0 aliphatic heterocycles. The van der Waals surface area contributed by atoms with Crippen molar-refractivity contribution in [2.24, 2.45) is 0 Å². The van der Waals surface area contributed by atoms with Gasteiger partial charge < -0.3 is 5.32 Å². The van der Waals surface area contributed by atoms with Crippen LogP contribution in [0.5, 0.6) is 0 Å². The summed E-state index contributed by atoms with van der Waals surface area (Å²) in [6.45, 7) is 3.35. The zero-order valence-electron chi connectivity index (χ0n) is 16.7. The van der Waals surface area contributed by atoms with Crippen LogP contribution in [0.25, 0.3) is 0 Å². The van der Waals surface area contributed by atoms with Gasteiger partial charge >= 0.3 is 0 Å². The molecule has 4 N–H and O–H groups in total. The molecule has 0 aliphatic carbocycles. The van der Waals surface area contributed by atoms with Crippen molar-refractivity contribution in [1.29, 1.82) is 0 Å². The summed E-state index contributed by atoms with van der Waals surface area (Å²) < 4.78 is 53.4. The van der Waals surface area contributed by atoms with Gasteiger partial charge in [0.05, 0.1) is 4.90 Å². The predicted molar refractivity (Wildman–Crippen MR) is 109 cm³/mol. The van der Waals surface area contributed by atoms with Crippen molar-refractivity contribution >= 4 is 21.6 Å². The largest absolute Gasteiger partial charge is 0.374 e. The Kier molecular flexibility index (Phi) is 8.27. The van der Waals surface area contributed by atoms with Crippen LogP contribution in [0.3, 0.4) is 0 Å². The Morgan fingerprint density at radius 3 is 2.23 bits per heavy atom. The maximum absolute atomic E-state index is 13.8. The summed E-state index contributed by atoms with van der Waals surface area (Å²) in [6, 6.07) is 6.83. The standard InChI is InChI=1S/C20H25F2N3O4S/c1-13-11-16(12-14(2)19(13)22)24-18(20(26)25-27)5-3-4-10-23-30(28,29)17-8-6-15(21)7-9-17/h6-9,11-12,18,23-24,27H,3-5,10H2,1-2H3,(H,25,26)/t18-/m1/s1. The summed E-state index contributed by atoms with van der Waals surface area (Å²) >= 11 is 0. The molecule has 2 aromatic rings. The Balaban J connectivity index is 1.89. The Hall–Kier alpha value is -2.56. The van der Waals surface area contributed by atoms with Gasteiger partial charge in [0.2, 0.25) is 10.0 Å². The van der Waals surface area contributed by atoms with Crippen LogP contribution >= 0.6 is 0 Å². The first-order valence-electron chi connectivity index (χ1n) is 9.36. The van der Waals surface area contributed by atoms with E-state index in [0.29, 0.717) is 36.1 Å². The fourth-order valence-corrected chi connectivity index (χ4v) is 4.03. The molecule has 0 fully saturated rings. The highest BCUT2D eigenvalue weighted by atomic mass is 32.2. The minimum Gasteiger partial charge on any atom is -0.374 e. The number of hydroxylamine groups is 1. The average molecular weight is 442 g/mol. The summed E-state index contributed by atoms with van der Waals surface area (Å²) in [6.07, 6.45) is 1.20. The minimum absolute atomic E-state index is 0.0369. The normalized spacial score (nSPS) is 12.4. The highest BCUT2D eigenvalue weighted by Gasteiger charge is 2.19. The zero-order chi connectivity index (χ0) is 22.3. The fraction of sp³-hybridized carbons (Fsp3) is 0.350. The van der Waals surface area contributed by atoms with Crippen LogP contribution in [0, 0.1) is 25.5 Å². The van der Waals surface area contributed by atoms with E-state index in [4.69, 9.17) is 5.21 Å². The second kappa shape index (κ2) is 10.5. The molecular weight excluding hydrogens is 416 g/mol. The van der Waals surface area contributed by atoms with Gasteiger partial charge in [0.15, 0.2) is 0 Å². The van der Waals surface area contributed by atoms with Crippen molar-refractivity contribution in [3.63, 3.8) is 0 Å². The second-order valence-corrected chi connectivity index (χ2v) is 8.71. The van der Waals surface area contributed by atoms with Crippen LogP contribution in [-0.4, -0.2) is 32.1 Å². The predicted octanol–water partition coefficient (Wildman–Crippen LogP) is 3.02. The second-order valence-electron chi connectivity index (χ2n) is 6.94. The van der Waals surface area contributed by atoms with E-state index in [1.165, 1.54) is 12.1 Å². The van der Waals surface area contributed by atoms with Gasteiger partial charge in [-0.1, -0.05) is 0 Å². The molecule has 2 aromatic carbocycles. The summed E-state index contributed by atoms with van der Waals surface area (Å²) in [5.74, 6) is -1.50. The summed E-state index contributed by atoms with van der Waals surface area (Å²) in [7, 11) is -3.75. The molecule has 0 spiro atoms. The highest BCUT2D eigenvalue weighted by molar-refractivity contribution is 7.89. The molecule has 7 nitrogen and oxygen atoms in total. The summed E-state index contributed by atoms with van der Waals surface area (Å²) in [5.41, 5.74) is 2.99. The van der Waals surface area contributed by atoms with Gasteiger partial charge in [0.25, 0.3) is 5.91 Å². The van der Waals surface area contributed by atoms with Crippen molar-refractivity contribution in [2.75, 3.05) is 11.9 Å². The Morgan fingerprint density at radius 2 is 1.67 bits per heavy atom. The van der Waals surface area contributed by atoms with Crippen LogP contribution < -0.4 is 15.5 Å². The summed E-state index contributed by atoms with van der Waals surface area (Å²) in [4.78, 5) is 11.9. The zero-order valence-corrected chi connectivity index (χ0v) is 17.5. The number of benzene rings is 2. The van der Waals surface area contributed by atoms with Gasteiger partial charge in [0, 0.05) is 12.2 Å². The first-order chi connectivity index (χ1) is 14.1. The number of unbranched alkanes of at least 4 members (excludes halogenated alkanes) is 1. The lowest BCUT2D eigenvalue weighted by atomic mass is 10.1. The van der Waals surface area contributed by atoms with Gasteiger partial charge in [-0.25, -0.2) is 27.4 Å². The van der Waals surface area contributed by atoms with Crippen LogP contribution in [-0.2, 0) is 14.8 Å². The van der Waals surface area contributed by atoms with Gasteiger partial charge in [-0.2, -0.15) is 0 Å². The third-order valence-electron chi connectivity index (χ3n) is 4.54. The first-order valence-corrected chi connectivity index (χ1v) is 10.8. The first kappa shape index (κ1) is 23.7. The van der Waals surface area contributed by atoms with E-state index in [2.05, 4.69) is 10.0 Å². The molecule has 0 aliphatic rings. The molecular formula is C20H25F2N3O4S. The summed E-state index contributed by atoms with van der Waals surface area (Å²) in [5, 5.41) is 11.9. The number of hydrogen-bond acceptors (Lipinski definition) is 5. The Bertz CT molecular complexity index is 959. The van der Waals surface area contributed by atoms with Gasteiger partial charge in [-0.05, 0) is 80.6 Å². The lowest BCUT2D eigenvalue weighted by molar-refractivity contribution is -0.130. The molecule has 0 saturated heterocycles. The molecule has 2 rings (SSSR count). The Morgan fingerprint density at radius 1 is 1.07 bits per heavy atom. The number of nitrogens with one attached hydrogen (secondary N) is 3. The molecule has 1 amide bonds. The number of sulfonamides is 1. The molecule has 30 heavy (non-hydrogen) atoms. The number of anilines is 1. The van der Waals surface area contributed by atoms with Crippen LogP contribution in [0.15, 0.2) is 41.3 Å². The Labute approximate surface area is 174 Å². The number of carbonyl (C=O) groups is 1. The molecule has 0 aromatic heterocycles. The van der Waals surface area contributed by atoms with Gasteiger partial charge in [0.1, 0.15) is 17.7 Å². The number of rotatable bonds is 10. The van der Waals surface area contributed by atoms with E-state index in [-0.39, 0.29) is 17.3 Å². The molecule has 0 bridgehead atoms. The molecule has 0 heterocycles. The molecule has 164 valence electrons. The van der Waals surface area contributed by atoms with E-state index in [1.54, 1.807) is 31.5 Å². The highest BCUT2D eigenvalue weighted by Crippen LogP contribution is 2.20. The smallest absolute Gasteiger partial charge is 0.265 e. The van der Waals surface area contributed by atoms with Crippen molar-refractivity contribution in [3.05, 3.63) is 59.2 Å². The van der Waals surface area contributed by atoms with Crippen molar-refractivity contribution in [2.45, 2.75) is 44.0 Å². The number of amides is 1. The number of halogens is 2. The van der Waals surface area contributed by atoms with Crippen LogP contribution in [0.4, 0.5) is 14.5 Å². The third kappa shape index (κ3) is 6.48. The average Bonchev–Trinajstić information content (AvgIpc) is 2.70. The van der Waals surface area contributed by atoms with Crippen LogP contribution in [0.1, 0.15) is 30.4 Å². The maximum Gasteiger partial charge on any atom is 0.265 e. The fourth-order valence-electron chi connectivity index (χ4n) is 2.95. The monoisotopic (exact) mass is 441 g/mol. The third-order valence-corrected chi connectivity index (χ3v) is 6.02. The number of hydrogen-bond donors (Lipinski definition) is 4. The topological polar surface area (TPSA) is 108 Å². The quantitative estimate of drug-likeness (QED) is 0.258. The molecule has 10 heteroatoms. The molecule has 1 atom stereocenters. The van der Waals surface area contributed by atoms with E-state index < -0.39 is 27.8 Å². The van der Waals surface area contributed by atoms with E-state index in [9.17, 15) is 22.0 Å². The minimum atomic E-state index is -3.75. The molecule has 0 saturated carbocycles. The van der Waals surface area contributed by atoms with E-state index >= 15 is 0 Å². The van der Waals surface area contributed by atoms with Crippen molar-refractivity contribution in [1.82, 2.24) is 10.2 Å². The van der Waals surface area contributed by atoms with E-state index in [0.717, 1.165) is 12.1 Å². The lowest BCUT2D eigenvalue weighted by Gasteiger charge is -2.19. The maximum atomic E-state index is 13.8. The van der Waals surface area contributed by atoms with Gasteiger partial charge in [-0.15, -0.1) is 0 Å². The number of aryl methyl sites for hydroxylation is 2.